The summed E-state index contributed by atoms with van der Waals surface area (Å²) in [5.41, 5.74) is 12.4. The number of nitrogens with two attached hydrogens (primary N) is 1. The molecule has 0 spiro atoms. The van der Waals surface area contributed by atoms with Gasteiger partial charge in [-0.25, -0.2) is 14.4 Å². The first-order chi connectivity index (χ1) is 25.8. The van der Waals surface area contributed by atoms with Gasteiger partial charge in [-0.05, 0) is 107 Å². The molecule has 53 heavy (non-hydrogen) atoms. The molecule has 4 atom stereocenters. The average Bonchev–Trinajstić information content (AvgIpc) is 3.62. The second-order valence-corrected chi connectivity index (χ2v) is 15.7. The zero-order chi connectivity index (χ0) is 36.0. The van der Waals surface area contributed by atoms with Crippen LogP contribution in [-0.4, -0.2) is 59.4 Å². The quantitative estimate of drug-likeness (QED) is 0.200. The van der Waals surface area contributed by atoms with Crippen molar-refractivity contribution in [3.05, 3.63) is 89.0 Å². The van der Waals surface area contributed by atoms with Crippen LogP contribution in [0.3, 0.4) is 0 Å². The molecule has 10 rings (SSSR count). The van der Waals surface area contributed by atoms with E-state index in [0.29, 0.717) is 53.4 Å². The number of likely N-dealkylation sites (tertiary alicyclic amines) is 1. The first-order valence-corrected chi connectivity index (χ1v) is 19.3. The van der Waals surface area contributed by atoms with E-state index in [9.17, 15) is 9.59 Å². The number of hydrogen-bond acceptors (Lipinski definition) is 6. The van der Waals surface area contributed by atoms with Gasteiger partial charge in [0.1, 0.15) is 17.0 Å². The van der Waals surface area contributed by atoms with E-state index in [1.807, 2.05) is 54.3 Å². The minimum atomic E-state index is -0.425. The van der Waals surface area contributed by atoms with E-state index in [1.165, 1.54) is 6.07 Å². The van der Waals surface area contributed by atoms with Crippen molar-refractivity contribution in [1.29, 1.82) is 0 Å². The lowest BCUT2D eigenvalue weighted by Crippen LogP contribution is -2.51. The molecule has 6 heterocycles. The first kappa shape index (κ1) is 32.5. The highest BCUT2D eigenvalue weighted by Gasteiger charge is 2.41. The number of carbonyl (C=O) groups excluding carboxylic acids is 2. The number of halogens is 1. The average molecular weight is 711 g/mol. The van der Waals surface area contributed by atoms with Crippen LogP contribution in [0.4, 0.5) is 4.39 Å². The summed E-state index contributed by atoms with van der Waals surface area (Å²) in [6.45, 7) is 3.16. The molecule has 0 unspecified atom stereocenters. The number of aryl methyl sites for hydroxylation is 2. The van der Waals surface area contributed by atoms with Crippen LogP contribution in [0.15, 0.2) is 60.7 Å². The maximum atomic E-state index is 16.3. The van der Waals surface area contributed by atoms with Crippen molar-refractivity contribution >= 4 is 44.8 Å². The summed E-state index contributed by atoms with van der Waals surface area (Å²) in [5, 5.41) is 5.09. The van der Waals surface area contributed by atoms with Crippen LogP contribution in [-0.2, 0) is 13.0 Å². The Bertz CT molecular complexity index is 2460. The lowest BCUT2D eigenvalue weighted by atomic mass is 9.94. The Labute approximate surface area is 306 Å². The van der Waals surface area contributed by atoms with Crippen molar-refractivity contribution in [2.24, 2.45) is 11.7 Å². The molecule has 6 aromatic rings. The van der Waals surface area contributed by atoms with E-state index >= 15 is 4.39 Å². The number of amides is 2. The molecule has 10 nitrogen and oxygen atoms in total. The van der Waals surface area contributed by atoms with Gasteiger partial charge in [-0.2, -0.15) is 0 Å². The van der Waals surface area contributed by atoms with Gasteiger partial charge >= 0.3 is 0 Å². The van der Waals surface area contributed by atoms with Crippen LogP contribution >= 0.6 is 0 Å². The first-order valence-electron chi connectivity index (χ1n) is 19.3. The van der Waals surface area contributed by atoms with Gasteiger partial charge < -0.3 is 25.1 Å². The van der Waals surface area contributed by atoms with Crippen LogP contribution < -0.4 is 11.1 Å². The molecule has 11 heteroatoms. The SMILES string of the molecule is C[C@H]1NC(=O)c2cc3ccccc3nc2CCCCCn2c(-c3nc4cc(C(=O)N5C[C@H](N)[C@@H]6CC[C@H]5C6)cc(F)c4n3C3CC3)cc3ccc1nc32. The van der Waals surface area contributed by atoms with Crippen LogP contribution in [0.2, 0.25) is 0 Å². The molecule has 3 fully saturated rings. The van der Waals surface area contributed by atoms with Crippen molar-refractivity contribution < 1.29 is 14.0 Å². The molecule has 2 aliphatic carbocycles. The highest BCUT2D eigenvalue weighted by atomic mass is 19.1. The number of piperidine rings is 1. The summed E-state index contributed by atoms with van der Waals surface area (Å²) in [6.07, 6.45) is 8.17. The predicted molar refractivity (Wildman–Crippen MR) is 202 cm³/mol. The maximum Gasteiger partial charge on any atom is 0.254 e. The van der Waals surface area contributed by atoms with Crippen molar-refractivity contribution in [2.45, 2.75) is 95.4 Å². The van der Waals surface area contributed by atoms with Crippen molar-refractivity contribution in [1.82, 2.24) is 34.3 Å². The maximum absolute atomic E-state index is 16.3. The number of para-hydroxylation sites is 1. The molecule has 3 N–H and O–H groups in total. The van der Waals surface area contributed by atoms with E-state index < -0.39 is 5.82 Å². The smallest absolute Gasteiger partial charge is 0.254 e. The topological polar surface area (TPSA) is 124 Å². The fourth-order valence-corrected chi connectivity index (χ4v) is 9.20. The summed E-state index contributed by atoms with van der Waals surface area (Å²) >= 11 is 0. The van der Waals surface area contributed by atoms with E-state index in [1.54, 1.807) is 6.07 Å². The van der Waals surface area contributed by atoms with E-state index in [4.69, 9.17) is 20.7 Å². The van der Waals surface area contributed by atoms with Gasteiger partial charge in [0.2, 0.25) is 0 Å². The molecule has 2 aromatic carbocycles. The van der Waals surface area contributed by atoms with E-state index in [-0.39, 0.29) is 36.0 Å². The number of nitrogens with zero attached hydrogens (tertiary/aromatic N) is 6. The normalized spacial score (nSPS) is 23.5. The molecule has 0 radical (unpaired) electrons. The van der Waals surface area contributed by atoms with Crippen LogP contribution in [0.25, 0.3) is 44.5 Å². The Balaban J connectivity index is 1.04. The number of hydrogen-bond donors (Lipinski definition) is 2. The second-order valence-electron chi connectivity index (χ2n) is 15.7. The molecular weight excluding hydrogens is 668 g/mol. The molecule has 4 aromatic heterocycles. The van der Waals surface area contributed by atoms with Gasteiger partial charge in [-0.1, -0.05) is 24.6 Å². The predicted octanol–water partition coefficient (Wildman–Crippen LogP) is 7.24. The van der Waals surface area contributed by atoms with Crippen molar-refractivity contribution in [3.63, 3.8) is 0 Å². The third kappa shape index (κ3) is 5.50. The van der Waals surface area contributed by atoms with Gasteiger partial charge in [-0.15, -0.1) is 0 Å². The Kier molecular flexibility index (Phi) is 7.64. The molecule has 2 saturated carbocycles. The Hall–Kier alpha value is -5.16. The van der Waals surface area contributed by atoms with Gasteiger partial charge in [0.25, 0.3) is 11.8 Å². The number of imidazole rings is 1. The van der Waals surface area contributed by atoms with Crippen molar-refractivity contribution in [3.8, 4) is 11.5 Å². The second kappa shape index (κ2) is 12.5. The molecular formula is C42H43FN8O2. The number of pyridine rings is 2. The zero-order valence-electron chi connectivity index (χ0n) is 29.9. The molecule has 2 aliphatic heterocycles. The Morgan fingerprint density at radius 2 is 1.75 bits per heavy atom. The number of rotatable bonds is 3. The number of carbonyl (C=O) groups is 2. The molecule has 270 valence electrons. The fourth-order valence-electron chi connectivity index (χ4n) is 9.20. The minimum absolute atomic E-state index is 0.0436. The summed E-state index contributed by atoms with van der Waals surface area (Å²) < 4.78 is 20.6. The Morgan fingerprint density at radius 1 is 0.906 bits per heavy atom. The largest absolute Gasteiger partial charge is 0.344 e. The zero-order valence-corrected chi connectivity index (χ0v) is 29.9. The number of fused-ring (bicyclic) bond motifs is 6. The molecule has 4 aliphatic rings. The third-order valence-corrected chi connectivity index (χ3v) is 12.2. The Morgan fingerprint density at radius 3 is 2.62 bits per heavy atom. The lowest BCUT2D eigenvalue weighted by Gasteiger charge is -2.37. The lowest BCUT2D eigenvalue weighted by molar-refractivity contribution is 0.0603. The van der Waals surface area contributed by atoms with Gasteiger partial charge in [-0.3, -0.25) is 14.6 Å². The summed E-state index contributed by atoms with van der Waals surface area (Å²) in [4.78, 5) is 44.7. The van der Waals surface area contributed by atoms with Gasteiger partial charge in [0.15, 0.2) is 5.82 Å². The highest BCUT2D eigenvalue weighted by Crippen LogP contribution is 2.44. The van der Waals surface area contributed by atoms with Gasteiger partial charge in [0, 0.05) is 47.6 Å². The number of aromatic nitrogens is 5. The summed E-state index contributed by atoms with van der Waals surface area (Å²) in [6, 6.07) is 19.1. The van der Waals surface area contributed by atoms with E-state index in [2.05, 4.69) is 20.5 Å². The van der Waals surface area contributed by atoms with Crippen LogP contribution in [0, 0.1) is 11.7 Å². The third-order valence-electron chi connectivity index (χ3n) is 12.2. The number of nitrogens with one attached hydrogen (secondary N) is 1. The summed E-state index contributed by atoms with van der Waals surface area (Å²) in [7, 11) is 0. The standard InChI is InChI=1S/C42H43FN8O2/c1-23-33-15-11-26-21-37(49(39(26)47-33)16-6-2-3-9-35-30(41(52)45-23)18-25-7-4-5-8-34(25)46-35)40-48-36-20-27(19-31(43)38(36)51(40)28-13-14-28)42(53)50-22-32(44)24-10-12-29(50)17-24/h4-5,7-8,11,15,18-21,23-24,28-29,32H,2-3,6,9-10,12-14,16-17,22,44H2,1H3,(H,45,52)/t23-,24-,29+,32+/m1/s1. The fraction of sp³-hybridized carbons (Fsp3) is 0.405. The molecule has 4 bridgehead atoms. The summed E-state index contributed by atoms with van der Waals surface area (Å²) in [5.74, 6) is 0.405. The van der Waals surface area contributed by atoms with Gasteiger partial charge in [0.05, 0.1) is 39.7 Å². The number of benzene rings is 2. The van der Waals surface area contributed by atoms with Crippen LogP contribution in [0.5, 0.6) is 0 Å². The van der Waals surface area contributed by atoms with Crippen LogP contribution in [0.1, 0.15) is 102 Å². The van der Waals surface area contributed by atoms with E-state index in [0.717, 1.165) is 90.4 Å². The minimum Gasteiger partial charge on any atom is -0.344 e. The van der Waals surface area contributed by atoms with Crippen molar-refractivity contribution in [2.75, 3.05) is 6.54 Å². The molecule has 1 saturated heterocycles. The highest BCUT2D eigenvalue weighted by molar-refractivity contribution is 6.00. The molecule has 2 amide bonds. The monoisotopic (exact) mass is 710 g/mol.